The smallest absolute Gasteiger partial charge is 0.373 e. The van der Waals surface area contributed by atoms with Gasteiger partial charge in [-0.3, -0.25) is 4.57 Å². The lowest BCUT2D eigenvalue weighted by Gasteiger charge is -2.23. The van der Waals surface area contributed by atoms with Gasteiger partial charge in [-0.05, 0) is 5.76 Å². The predicted molar refractivity (Wildman–Crippen MR) is 45.7 cm³/mol. The zero-order valence-corrected chi connectivity index (χ0v) is 9.46. The van der Waals surface area contributed by atoms with Crippen LogP contribution < -0.4 is 10.00 Å². The van der Waals surface area contributed by atoms with E-state index in [2.05, 4.69) is 13.8 Å². The maximum atomic E-state index is 11.4. The second kappa shape index (κ2) is 5.03. The van der Waals surface area contributed by atoms with Gasteiger partial charge in [0.05, 0.1) is 6.61 Å². The number of rotatable bonds is 5. The Morgan fingerprint density at radius 2 is 2.24 bits per heavy atom. The van der Waals surface area contributed by atoms with Gasteiger partial charge in [-0.1, -0.05) is 0 Å². The van der Waals surface area contributed by atoms with Crippen LogP contribution in [0.15, 0.2) is 11.5 Å². The van der Waals surface area contributed by atoms with E-state index in [0.717, 1.165) is 7.11 Å². The summed E-state index contributed by atoms with van der Waals surface area (Å²) in [5, 5.41) is 29.1. The molecule has 0 bridgehead atoms. The molecule has 0 aliphatic carbocycles. The first kappa shape index (κ1) is 13.9. The third kappa shape index (κ3) is 2.96. The van der Waals surface area contributed by atoms with Crippen LogP contribution in [0.3, 0.4) is 0 Å². The number of carbonyl (C=O) groups excluding carboxylic acids is 1. The summed E-state index contributed by atoms with van der Waals surface area (Å²) in [4.78, 5) is 22.0. The molecule has 0 radical (unpaired) electrons. The zero-order chi connectivity index (χ0) is 13.2. The highest BCUT2D eigenvalue weighted by Crippen LogP contribution is 2.42. The summed E-state index contributed by atoms with van der Waals surface area (Å²) >= 11 is 0. The molecule has 3 unspecified atom stereocenters. The Kier molecular flexibility index (Phi) is 4.12. The Hall–Kier alpha value is -1.12. The van der Waals surface area contributed by atoms with Crippen LogP contribution in [0.1, 0.15) is 0 Å². The van der Waals surface area contributed by atoms with Crippen LogP contribution in [0.2, 0.25) is 0 Å². The van der Waals surface area contributed by atoms with E-state index in [1.165, 1.54) is 0 Å². The highest BCUT2D eigenvalue weighted by molar-refractivity contribution is 7.46. The van der Waals surface area contributed by atoms with E-state index < -0.39 is 44.1 Å². The second-order valence-corrected chi connectivity index (χ2v) is 4.43. The van der Waals surface area contributed by atoms with Crippen LogP contribution in [0.25, 0.3) is 0 Å². The molecule has 9 nitrogen and oxygen atoms in total. The minimum atomic E-state index is -4.82. The minimum Gasteiger partial charge on any atom is -0.870 e. The van der Waals surface area contributed by atoms with Gasteiger partial charge in [0.25, 0.3) is 0 Å². The molecule has 2 N–H and O–H groups in total. The SMILES string of the molecule is COP(=O)([O-])OC1=C([O-])C(C(O)CO)OC1=O. The highest BCUT2D eigenvalue weighted by Gasteiger charge is 2.36. The Morgan fingerprint density at radius 1 is 1.65 bits per heavy atom. The van der Waals surface area contributed by atoms with Gasteiger partial charge in [0.15, 0.2) is 0 Å². The first-order valence-corrected chi connectivity index (χ1v) is 5.76. The Morgan fingerprint density at radius 3 is 2.71 bits per heavy atom. The fraction of sp³-hybridized carbons (Fsp3) is 0.571. The molecule has 1 rings (SSSR count). The van der Waals surface area contributed by atoms with Gasteiger partial charge in [0.1, 0.15) is 12.2 Å². The van der Waals surface area contributed by atoms with E-state index in [1.54, 1.807) is 0 Å². The molecule has 0 fully saturated rings. The Balaban J connectivity index is 2.94. The van der Waals surface area contributed by atoms with Gasteiger partial charge in [0, 0.05) is 7.11 Å². The molecule has 1 aliphatic rings. The molecule has 0 aromatic rings. The molecule has 0 spiro atoms. The lowest BCUT2D eigenvalue weighted by Crippen LogP contribution is -2.35. The van der Waals surface area contributed by atoms with E-state index in [1.807, 2.05) is 0 Å². The topological polar surface area (TPSA) is 148 Å². The van der Waals surface area contributed by atoms with Crippen molar-refractivity contribution in [3.63, 3.8) is 0 Å². The van der Waals surface area contributed by atoms with Gasteiger partial charge < -0.3 is 34.0 Å². The second-order valence-electron chi connectivity index (χ2n) is 2.99. The molecular weight excluding hydrogens is 259 g/mol. The number of phosphoric acid groups is 1. The number of esters is 1. The molecule has 10 heteroatoms. The lowest BCUT2D eigenvalue weighted by atomic mass is 10.2. The highest BCUT2D eigenvalue weighted by atomic mass is 31.2. The molecule has 0 amide bonds. The van der Waals surface area contributed by atoms with Crippen LogP contribution in [0.5, 0.6) is 0 Å². The van der Waals surface area contributed by atoms with Crippen molar-refractivity contribution in [1.82, 2.24) is 0 Å². The van der Waals surface area contributed by atoms with Gasteiger partial charge >= 0.3 is 13.8 Å². The zero-order valence-electron chi connectivity index (χ0n) is 8.56. The summed E-state index contributed by atoms with van der Waals surface area (Å²) in [6.45, 7) is -0.837. The van der Waals surface area contributed by atoms with Gasteiger partial charge in [-0.25, -0.2) is 4.79 Å². The largest absolute Gasteiger partial charge is 0.870 e. The fourth-order valence-corrected chi connectivity index (χ4v) is 1.50. The number of phosphoric ester groups is 1. The van der Waals surface area contributed by atoms with E-state index in [-0.39, 0.29) is 0 Å². The van der Waals surface area contributed by atoms with Crippen molar-refractivity contribution in [1.29, 1.82) is 0 Å². The predicted octanol–water partition coefficient (Wildman–Crippen LogP) is -3.03. The first-order valence-electron chi connectivity index (χ1n) is 4.30. The van der Waals surface area contributed by atoms with Crippen LogP contribution in [-0.4, -0.2) is 42.1 Å². The normalized spacial score (nSPS) is 25.4. The summed E-state index contributed by atoms with van der Waals surface area (Å²) in [7, 11) is -4.04. The van der Waals surface area contributed by atoms with Crippen molar-refractivity contribution in [2.45, 2.75) is 12.2 Å². The van der Waals surface area contributed by atoms with Crippen LogP contribution in [-0.2, 0) is 23.1 Å². The molecule has 1 aliphatic heterocycles. The summed E-state index contributed by atoms with van der Waals surface area (Å²) in [6.07, 6.45) is -3.33. The number of hydrogen-bond acceptors (Lipinski definition) is 9. The average molecular weight is 268 g/mol. The molecular formula is C7H9O9P-2. The Bertz CT molecular complexity index is 389. The molecule has 3 atom stereocenters. The number of aliphatic hydroxyl groups excluding tert-OH is 2. The minimum absolute atomic E-state index is 0.777. The van der Waals surface area contributed by atoms with Gasteiger partial charge in [-0.2, -0.15) is 0 Å². The van der Waals surface area contributed by atoms with E-state index in [4.69, 9.17) is 10.2 Å². The number of aliphatic hydroxyl groups is 2. The number of hydrogen-bond donors (Lipinski definition) is 2. The quantitative estimate of drug-likeness (QED) is 0.392. The van der Waals surface area contributed by atoms with Gasteiger partial charge in [0.2, 0.25) is 5.76 Å². The number of cyclic esters (lactones) is 1. The first-order chi connectivity index (χ1) is 7.82. The van der Waals surface area contributed by atoms with Crippen LogP contribution in [0.4, 0.5) is 0 Å². The summed E-state index contributed by atoms with van der Waals surface area (Å²) in [6, 6.07) is 0. The van der Waals surface area contributed by atoms with Crippen molar-refractivity contribution in [2.24, 2.45) is 0 Å². The Labute approximate surface area is 95.5 Å². The van der Waals surface area contributed by atoms with Crippen molar-refractivity contribution in [3.8, 4) is 0 Å². The molecule has 17 heavy (non-hydrogen) atoms. The third-order valence-electron chi connectivity index (χ3n) is 1.86. The molecule has 0 saturated carbocycles. The standard InChI is InChI=1S/C7H11O9P/c1-14-17(12,13)16-6-4(10)5(3(9)2-8)15-7(6)11/h3,5,8-10H,2H2,1H3,(H,12,13)/p-2. The van der Waals surface area contributed by atoms with Crippen molar-refractivity contribution < 1.29 is 43.4 Å². The summed E-state index contributed by atoms with van der Waals surface area (Å²) in [5.74, 6) is -3.63. The van der Waals surface area contributed by atoms with Crippen LogP contribution in [0, 0.1) is 0 Å². The average Bonchev–Trinajstić information content (AvgIpc) is 2.56. The fourth-order valence-electron chi connectivity index (χ4n) is 1.03. The number of ether oxygens (including phenoxy) is 1. The van der Waals surface area contributed by atoms with E-state index >= 15 is 0 Å². The molecule has 1 heterocycles. The van der Waals surface area contributed by atoms with Gasteiger partial charge in [-0.15, -0.1) is 0 Å². The molecule has 0 aromatic carbocycles. The molecule has 0 aromatic heterocycles. The molecule has 98 valence electrons. The van der Waals surface area contributed by atoms with Crippen molar-refractivity contribution >= 4 is 13.8 Å². The van der Waals surface area contributed by atoms with Crippen LogP contribution >= 0.6 is 7.82 Å². The lowest BCUT2D eigenvalue weighted by molar-refractivity contribution is -0.324. The van der Waals surface area contributed by atoms with E-state index in [9.17, 15) is 19.4 Å². The van der Waals surface area contributed by atoms with Crippen molar-refractivity contribution in [3.05, 3.63) is 11.5 Å². The monoisotopic (exact) mass is 268 g/mol. The van der Waals surface area contributed by atoms with Crippen molar-refractivity contribution in [2.75, 3.05) is 13.7 Å². The summed E-state index contributed by atoms with van der Waals surface area (Å²) in [5.41, 5.74) is 0. The summed E-state index contributed by atoms with van der Waals surface area (Å²) < 4.78 is 23.2. The molecule has 0 saturated heterocycles. The maximum Gasteiger partial charge on any atom is 0.373 e. The third-order valence-corrected chi connectivity index (χ3v) is 2.72. The maximum absolute atomic E-state index is 11.4. The number of carbonyl (C=O) groups is 1. The van der Waals surface area contributed by atoms with E-state index in [0.29, 0.717) is 0 Å².